The van der Waals surface area contributed by atoms with Crippen LogP contribution in [-0.2, 0) is 0 Å². The minimum Gasteiger partial charge on any atom is -0.504 e. The van der Waals surface area contributed by atoms with E-state index < -0.39 is 249 Å². The van der Waals surface area contributed by atoms with Crippen molar-refractivity contribution in [2.24, 2.45) is 0 Å². The largest absolute Gasteiger partial charge is 0.504 e. The van der Waals surface area contributed by atoms with Crippen LogP contribution in [0.1, 0.15) is 0 Å². The van der Waals surface area contributed by atoms with Gasteiger partial charge in [0.1, 0.15) is 0 Å². The van der Waals surface area contributed by atoms with Gasteiger partial charge in [-0.05, 0) is 0 Å². The van der Waals surface area contributed by atoms with Crippen LogP contribution in [0.2, 0.25) is 0 Å². The molecule has 0 spiro atoms. The number of hydrogen-bond donors (Lipinski definition) is 28. The molecule has 29 heteroatoms. The van der Waals surface area contributed by atoms with Crippen molar-refractivity contribution in [3.63, 3.8) is 0 Å². The first-order valence-electron chi connectivity index (χ1n) is 19.4. The number of hydrogen-bond acceptors (Lipinski definition) is 29. The summed E-state index contributed by atoms with van der Waals surface area (Å²) in [5.74, 6) is -49.4. The second kappa shape index (κ2) is 14.5. The lowest BCUT2D eigenvalue weighted by atomic mass is 9.79. The first-order chi connectivity index (χ1) is 34.0. The number of aromatic hydroxyl groups is 28. The van der Waals surface area contributed by atoms with Gasteiger partial charge < -0.3 is 147 Å². The van der Waals surface area contributed by atoms with E-state index in [9.17, 15) is 143 Å². The molecule has 0 bridgehead atoms. The number of rotatable bonds is 4. The predicted molar refractivity (Wildman–Crippen MR) is 237 cm³/mol. The Bertz CT molecular complexity index is 3970. The van der Waals surface area contributed by atoms with Gasteiger partial charge in [0.25, 0.3) is 0 Å². The molecular formula is C44H28O29. The normalized spacial score (nSPS) is 11.7. The molecule has 0 saturated heterocycles. The van der Waals surface area contributed by atoms with Gasteiger partial charge in [-0.3, -0.25) is 0 Å². The average Bonchev–Trinajstić information content (AvgIpc) is 3.76. The Morgan fingerprint density at radius 2 is 0.301 bits per heavy atom. The van der Waals surface area contributed by atoms with Gasteiger partial charge in [-0.1, -0.05) is 0 Å². The Morgan fingerprint density at radius 1 is 0.123 bits per heavy atom. The molecule has 0 fully saturated rings. The molecular weight excluding hydrogens is 992 g/mol. The van der Waals surface area contributed by atoms with Gasteiger partial charge in [0.2, 0.25) is 80.5 Å². The monoisotopic (exact) mass is 1020 g/mol. The first-order valence-corrected chi connectivity index (χ1v) is 19.4. The summed E-state index contributed by atoms with van der Waals surface area (Å²) in [6.07, 6.45) is 0. The van der Waals surface area contributed by atoms with E-state index in [1.165, 1.54) is 0 Å². The highest BCUT2D eigenvalue weighted by Crippen LogP contribution is 2.70. The fourth-order valence-electron chi connectivity index (χ4n) is 8.78. The lowest BCUT2D eigenvalue weighted by molar-refractivity contribution is 0.329. The molecule has 9 aromatic rings. The molecule has 0 aliphatic rings. The van der Waals surface area contributed by atoms with E-state index in [1.807, 2.05) is 0 Å². The van der Waals surface area contributed by atoms with Crippen molar-refractivity contribution in [1.29, 1.82) is 0 Å². The van der Waals surface area contributed by atoms with Crippen molar-refractivity contribution >= 4 is 43.5 Å². The smallest absolute Gasteiger partial charge is 0.208 e. The van der Waals surface area contributed by atoms with Gasteiger partial charge in [-0.25, -0.2) is 0 Å². The second-order valence-electron chi connectivity index (χ2n) is 15.8. The van der Waals surface area contributed by atoms with Crippen LogP contribution in [0.15, 0.2) is 4.42 Å². The van der Waals surface area contributed by atoms with E-state index in [2.05, 4.69) is 0 Å². The summed E-state index contributed by atoms with van der Waals surface area (Å²) < 4.78 is 5.40. The molecule has 0 amide bonds. The SMILES string of the molecule is Oc1c(O)c(O)c(-c2c(O)c(O)c(-c3c(O)c(O)c(O)c(O)c3-c3c4c(O)c(O)c(O)c(O)c4c(-c4c(O)c(O)c(O)c5oc6c(O)c(O)c(O)c(O)c6c45)c4c(O)c(O)c(O)c(O)c34)c(O)c2O)c(O)c1O. The molecule has 0 saturated carbocycles. The minimum absolute atomic E-state index is 1.09. The van der Waals surface area contributed by atoms with Crippen molar-refractivity contribution in [3.05, 3.63) is 0 Å². The third-order valence-electron chi connectivity index (χ3n) is 12.1. The Hall–Kier alpha value is -11.5. The van der Waals surface area contributed by atoms with E-state index in [-0.39, 0.29) is 0 Å². The van der Waals surface area contributed by atoms with Crippen LogP contribution in [0.4, 0.5) is 0 Å². The molecule has 9 rings (SSSR count). The molecule has 0 atom stereocenters. The van der Waals surface area contributed by atoms with Gasteiger partial charge in [-0.2, -0.15) is 0 Å². The molecule has 0 unspecified atom stereocenters. The molecule has 0 aliphatic carbocycles. The van der Waals surface area contributed by atoms with Gasteiger partial charge >= 0.3 is 0 Å². The summed E-state index contributed by atoms with van der Waals surface area (Å²) >= 11 is 0. The van der Waals surface area contributed by atoms with Gasteiger partial charge in [0.05, 0.1) is 22.1 Å². The van der Waals surface area contributed by atoms with Crippen LogP contribution < -0.4 is 0 Å². The maximum atomic E-state index is 11.9. The van der Waals surface area contributed by atoms with Crippen LogP contribution in [0, 0.1) is 0 Å². The van der Waals surface area contributed by atoms with Crippen molar-refractivity contribution in [2.75, 3.05) is 0 Å². The summed E-state index contributed by atoms with van der Waals surface area (Å²) in [6, 6.07) is 0. The average molecular weight is 1020 g/mol. The third kappa shape index (κ3) is 5.36. The van der Waals surface area contributed by atoms with E-state index in [1.54, 1.807) is 0 Å². The maximum absolute atomic E-state index is 11.9. The second-order valence-corrected chi connectivity index (χ2v) is 15.8. The Morgan fingerprint density at radius 3 is 0.644 bits per heavy atom. The maximum Gasteiger partial charge on any atom is 0.208 e. The highest BCUT2D eigenvalue weighted by molar-refractivity contribution is 6.34. The van der Waals surface area contributed by atoms with Crippen LogP contribution in [-0.4, -0.2) is 143 Å². The zero-order chi connectivity index (χ0) is 54.1. The summed E-state index contributed by atoms with van der Waals surface area (Å²) in [7, 11) is 0. The van der Waals surface area contributed by atoms with E-state index in [0.29, 0.717) is 0 Å². The summed E-state index contributed by atoms with van der Waals surface area (Å²) in [5, 5.41) is 304. The van der Waals surface area contributed by atoms with Crippen LogP contribution in [0.25, 0.3) is 88.0 Å². The summed E-state index contributed by atoms with van der Waals surface area (Å²) in [6.45, 7) is 0. The molecule has 0 aliphatic heterocycles. The fourth-order valence-corrected chi connectivity index (χ4v) is 8.78. The van der Waals surface area contributed by atoms with E-state index in [0.717, 1.165) is 0 Å². The van der Waals surface area contributed by atoms with Gasteiger partial charge in [0, 0.05) is 54.7 Å². The zero-order valence-electron chi connectivity index (χ0n) is 34.9. The van der Waals surface area contributed by atoms with E-state index >= 15 is 0 Å². The molecule has 378 valence electrons. The minimum atomic E-state index is -1.96. The van der Waals surface area contributed by atoms with Crippen molar-refractivity contribution in [2.45, 2.75) is 0 Å². The molecule has 73 heavy (non-hydrogen) atoms. The number of phenolic OH excluding ortho intramolecular Hbond substituents is 28. The Balaban J connectivity index is 1.62. The highest BCUT2D eigenvalue weighted by Gasteiger charge is 2.42. The Kier molecular flexibility index (Phi) is 9.25. The number of benzene rings is 8. The molecule has 1 heterocycles. The first kappa shape index (κ1) is 46.6. The number of furan rings is 1. The molecule has 0 radical (unpaired) electrons. The van der Waals surface area contributed by atoms with Crippen molar-refractivity contribution in [3.8, 4) is 205 Å². The van der Waals surface area contributed by atoms with Gasteiger partial charge in [0.15, 0.2) is 91.7 Å². The molecule has 28 N–H and O–H groups in total. The topological polar surface area (TPSA) is 580 Å². The summed E-state index contributed by atoms with van der Waals surface area (Å²) in [4.78, 5) is 0. The third-order valence-corrected chi connectivity index (χ3v) is 12.1. The van der Waals surface area contributed by atoms with Crippen LogP contribution in [0.5, 0.6) is 161 Å². The van der Waals surface area contributed by atoms with Crippen LogP contribution >= 0.6 is 0 Å². The lowest BCUT2D eigenvalue weighted by Gasteiger charge is -2.26. The lowest BCUT2D eigenvalue weighted by Crippen LogP contribution is -1.98. The van der Waals surface area contributed by atoms with Crippen LogP contribution in [0.3, 0.4) is 0 Å². The number of phenols is 28. The Labute approximate surface area is 395 Å². The standard InChI is InChI=1S/C44H28O29/c45-15-3-1(7-9(21(51)34(64)33(63)19(7)49)11-22(52)24(54)12(25(55)23(11)53)13-26(56)35(65)39(69)36(66)27(13)57)4-6(18(48)32(62)30(60)16(4)46)2(5(3)17(47)31(61)29(15)59)8-10-14-28(58)37(67)40(70)42(72)44(14)73-43(10)41(71)38(68)20(8)50/h45-72H. The number of fused-ring (bicyclic) bond motifs is 5. The fraction of sp³-hybridized carbons (Fsp3) is 0. The van der Waals surface area contributed by atoms with Gasteiger partial charge in [-0.15, -0.1) is 0 Å². The zero-order valence-corrected chi connectivity index (χ0v) is 34.9. The predicted octanol–water partition coefficient (Wildman–Crippen LogP) is 4.32. The van der Waals surface area contributed by atoms with Crippen molar-refractivity contribution in [1.82, 2.24) is 0 Å². The summed E-state index contributed by atoms with van der Waals surface area (Å²) in [5.41, 5.74) is -14.8. The van der Waals surface area contributed by atoms with E-state index in [4.69, 9.17) is 4.42 Å². The highest BCUT2D eigenvalue weighted by atomic mass is 16.4. The quantitative estimate of drug-likeness (QED) is 0.0663. The molecule has 8 aromatic carbocycles. The van der Waals surface area contributed by atoms with Crippen molar-refractivity contribution < 1.29 is 147 Å². The molecule has 1 aromatic heterocycles. The molecule has 29 nitrogen and oxygen atoms in total.